The van der Waals surface area contributed by atoms with E-state index in [1.165, 1.54) is 5.56 Å². The number of benzene rings is 1. The van der Waals surface area contributed by atoms with Crippen LogP contribution in [-0.4, -0.2) is 44.7 Å². The molecule has 1 aromatic carbocycles. The first-order chi connectivity index (χ1) is 9.51. The molecule has 0 amide bonds. The van der Waals surface area contributed by atoms with E-state index in [-0.39, 0.29) is 0 Å². The molecule has 2 unspecified atom stereocenters. The minimum Gasteiger partial charge on any atom is -0.496 e. The Bertz CT molecular complexity index is 392. The summed E-state index contributed by atoms with van der Waals surface area (Å²) in [6, 6.07) is 9.32. The Labute approximate surface area is 124 Å². The number of nitrogens with one attached hydrogen (secondary N) is 1. The molecule has 0 aromatic heterocycles. The fourth-order valence-corrected chi connectivity index (χ4v) is 2.72. The maximum Gasteiger partial charge on any atom is 0.122 e. The number of hydrogen-bond donors (Lipinski definition) is 1. The van der Waals surface area contributed by atoms with Crippen molar-refractivity contribution in [1.29, 1.82) is 0 Å². The molecule has 20 heavy (non-hydrogen) atoms. The number of rotatable bonds is 8. The number of para-hydroxylation sites is 1. The van der Waals surface area contributed by atoms with Gasteiger partial charge in [-0.15, -0.1) is 0 Å². The molecular formula is C17H30N2O. The van der Waals surface area contributed by atoms with Crippen LogP contribution in [0.1, 0.15) is 26.3 Å². The third-order valence-electron chi connectivity index (χ3n) is 4.11. The Morgan fingerprint density at radius 3 is 2.40 bits per heavy atom. The minimum atomic E-state index is 0.479. The van der Waals surface area contributed by atoms with Gasteiger partial charge in [-0.05, 0) is 45.0 Å². The molecule has 0 radical (unpaired) electrons. The molecule has 3 nitrogen and oxygen atoms in total. The van der Waals surface area contributed by atoms with E-state index in [9.17, 15) is 0 Å². The lowest BCUT2D eigenvalue weighted by atomic mass is 9.98. The number of hydrogen-bond acceptors (Lipinski definition) is 3. The van der Waals surface area contributed by atoms with Crippen molar-refractivity contribution >= 4 is 0 Å². The van der Waals surface area contributed by atoms with Gasteiger partial charge in [0.2, 0.25) is 0 Å². The molecule has 0 bridgehead atoms. The molecule has 3 heteroatoms. The van der Waals surface area contributed by atoms with Crippen molar-refractivity contribution in [2.24, 2.45) is 5.92 Å². The van der Waals surface area contributed by atoms with Gasteiger partial charge in [-0.25, -0.2) is 0 Å². The van der Waals surface area contributed by atoms with Gasteiger partial charge in [0.25, 0.3) is 0 Å². The number of methoxy groups -OCH3 is 1. The van der Waals surface area contributed by atoms with Gasteiger partial charge < -0.3 is 10.1 Å². The van der Waals surface area contributed by atoms with Gasteiger partial charge in [0.15, 0.2) is 0 Å². The van der Waals surface area contributed by atoms with E-state index in [1.54, 1.807) is 7.11 Å². The van der Waals surface area contributed by atoms with Crippen LogP contribution in [0.5, 0.6) is 5.75 Å². The number of nitrogens with zero attached hydrogens (tertiary/aromatic N) is 1. The van der Waals surface area contributed by atoms with Crippen LogP contribution in [0.25, 0.3) is 0 Å². The van der Waals surface area contributed by atoms with E-state index >= 15 is 0 Å². The van der Waals surface area contributed by atoms with Crippen molar-refractivity contribution < 1.29 is 4.74 Å². The van der Waals surface area contributed by atoms with Gasteiger partial charge in [0.1, 0.15) is 5.75 Å². The summed E-state index contributed by atoms with van der Waals surface area (Å²) in [5, 5.41) is 3.30. The molecule has 2 atom stereocenters. The van der Waals surface area contributed by atoms with Crippen LogP contribution in [0.2, 0.25) is 0 Å². The Balaban J connectivity index is 2.75. The Morgan fingerprint density at radius 2 is 1.85 bits per heavy atom. The average Bonchev–Trinajstić information content (AvgIpc) is 2.44. The van der Waals surface area contributed by atoms with Crippen LogP contribution >= 0.6 is 0 Å². The lowest BCUT2D eigenvalue weighted by Crippen LogP contribution is -2.47. The maximum atomic E-state index is 5.45. The topological polar surface area (TPSA) is 24.5 Å². The second-order valence-corrected chi connectivity index (χ2v) is 5.90. The summed E-state index contributed by atoms with van der Waals surface area (Å²) in [6.45, 7) is 7.88. The quantitative estimate of drug-likeness (QED) is 0.791. The SMILES string of the molecule is CNCC(C(C)C)N(C)C(C)Cc1ccccc1OC. The predicted molar refractivity (Wildman–Crippen MR) is 86.5 cm³/mol. The van der Waals surface area contributed by atoms with Gasteiger partial charge in [-0.1, -0.05) is 32.0 Å². The van der Waals surface area contributed by atoms with Gasteiger partial charge in [-0.3, -0.25) is 4.90 Å². The average molecular weight is 278 g/mol. The van der Waals surface area contributed by atoms with E-state index in [0.29, 0.717) is 18.0 Å². The van der Waals surface area contributed by atoms with Gasteiger partial charge in [0.05, 0.1) is 7.11 Å². The van der Waals surface area contributed by atoms with Crippen molar-refractivity contribution in [3.8, 4) is 5.75 Å². The second-order valence-electron chi connectivity index (χ2n) is 5.90. The lowest BCUT2D eigenvalue weighted by molar-refractivity contribution is 0.142. The molecule has 0 saturated carbocycles. The zero-order chi connectivity index (χ0) is 15.1. The highest BCUT2D eigenvalue weighted by atomic mass is 16.5. The third kappa shape index (κ3) is 4.50. The van der Waals surface area contributed by atoms with Gasteiger partial charge >= 0.3 is 0 Å². The van der Waals surface area contributed by atoms with E-state index in [0.717, 1.165) is 18.7 Å². The van der Waals surface area contributed by atoms with E-state index in [4.69, 9.17) is 4.74 Å². The van der Waals surface area contributed by atoms with Crippen LogP contribution in [0, 0.1) is 5.92 Å². The number of likely N-dealkylation sites (N-methyl/N-ethyl adjacent to an activating group) is 2. The molecule has 1 rings (SSSR count). The summed E-state index contributed by atoms with van der Waals surface area (Å²) >= 11 is 0. The smallest absolute Gasteiger partial charge is 0.122 e. The first-order valence-electron chi connectivity index (χ1n) is 7.49. The zero-order valence-electron chi connectivity index (χ0n) is 13.8. The standard InChI is InChI=1S/C17H30N2O/c1-13(2)16(12-18-4)19(5)14(3)11-15-9-7-8-10-17(15)20-6/h7-10,13-14,16,18H,11-12H2,1-6H3. The molecule has 1 aromatic rings. The van der Waals surface area contributed by atoms with Gasteiger partial charge in [0, 0.05) is 18.6 Å². The highest BCUT2D eigenvalue weighted by Crippen LogP contribution is 2.21. The molecular weight excluding hydrogens is 248 g/mol. The molecule has 114 valence electrons. The van der Waals surface area contributed by atoms with Crippen molar-refractivity contribution in [1.82, 2.24) is 10.2 Å². The molecule has 0 aliphatic rings. The first-order valence-corrected chi connectivity index (χ1v) is 7.49. The highest BCUT2D eigenvalue weighted by Gasteiger charge is 2.22. The van der Waals surface area contributed by atoms with Crippen LogP contribution in [-0.2, 0) is 6.42 Å². The van der Waals surface area contributed by atoms with Crippen LogP contribution in [0.15, 0.2) is 24.3 Å². The van der Waals surface area contributed by atoms with E-state index in [2.05, 4.69) is 50.2 Å². The monoisotopic (exact) mass is 278 g/mol. The van der Waals surface area contributed by atoms with Crippen LogP contribution in [0.4, 0.5) is 0 Å². The molecule has 0 saturated heterocycles. The van der Waals surface area contributed by atoms with E-state index < -0.39 is 0 Å². The molecule has 0 aliphatic carbocycles. The highest BCUT2D eigenvalue weighted by molar-refractivity contribution is 5.33. The van der Waals surface area contributed by atoms with Crippen molar-refractivity contribution in [3.05, 3.63) is 29.8 Å². The summed E-state index contributed by atoms with van der Waals surface area (Å²) in [6.07, 6.45) is 1.01. The fraction of sp³-hybridized carbons (Fsp3) is 0.647. The summed E-state index contributed by atoms with van der Waals surface area (Å²) in [4.78, 5) is 2.48. The van der Waals surface area contributed by atoms with E-state index in [1.807, 2.05) is 19.2 Å². The second kappa shape index (κ2) is 8.28. The summed E-state index contributed by atoms with van der Waals surface area (Å²) in [7, 11) is 5.99. The lowest BCUT2D eigenvalue weighted by Gasteiger charge is -2.36. The number of ether oxygens (including phenoxy) is 1. The Morgan fingerprint density at radius 1 is 1.20 bits per heavy atom. The zero-order valence-corrected chi connectivity index (χ0v) is 13.8. The maximum absolute atomic E-state index is 5.45. The predicted octanol–water partition coefficient (Wildman–Crippen LogP) is 2.80. The van der Waals surface area contributed by atoms with Crippen LogP contribution in [0.3, 0.4) is 0 Å². The van der Waals surface area contributed by atoms with Crippen molar-refractivity contribution in [2.75, 3.05) is 27.7 Å². The van der Waals surface area contributed by atoms with Crippen molar-refractivity contribution in [3.63, 3.8) is 0 Å². The summed E-state index contributed by atoms with van der Waals surface area (Å²) in [5.74, 6) is 1.62. The van der Waals surface area contributed by atoms with Crippen LogP contribution < -0.4 is 10.1 Å². The third-order valence-corrected chi connectivity index (χ3v) is 4.11. The Hall–Kier alpha value is -1.06. The van der Waals surface area contributed by atoms with Gasteiger partial charge in [-0.2, -0.15) is 0 Å². The normalized spacial score (nSPS) is 14.6. The fourth-order valence-electron chi connectivity index (χ4n) is 2.72. The molecule has 1 N–H and O–H groups in total. The Kier molecular flexibility index (Phi) is 7.03. The molecule has 0 aliphatic heterocycles. The molecule has 0 heterocycles. The molecule has 0 spiro atoms. The molecule has 0 fully saturated rings. The summed E-state index contributed by atoms with van der Waals surface area (Å²) < 4.78 is 5.45. The van der Waals surface area contributed by atoms with Crippen molar-refractivity contribution in [2.45, 2.75) is 39.3 Å². The first kappa shape index (κ1) is 17.0. The largest absolute Gasteiger partial charge is 0.496 e. The minimum absolute atomic E-state index is 0.479. The summed E-state index contributed by atoms with van der Waals surface area (Å²) in [5.41, 5.74) is 1.28.